The fourth-order valence-electron chi connectivity index (χ4n) is 0.850. The van der Waals surface area contributed by atoms with Gasteiger partial charge < -0.3 is 11.1 Å². The molecule has 0 amide bonds. The van der Waals surface area contributed by atoms with Gasteiger partial charge in [-0.25, -0.2) is 0 Å². The van der Waals surface area contributed by atoms with Crippen LogP contribution in [0.1, 0.15) is 26.7 Å². The Hall–Kier alpha value is -0.0800. The molecule has 0 aliphatic rings. The van der Waals surface area contributed by atoms with E-state index in [-0.39, 0.29) is 0 Å². The summed E-state index contributed by atoms with van der Waals surface area (Å²) in [6.45, 7) is 6.31. The van der Waals surface area contributed by atoms with Crippen LogP contribution in [0.2, 0.25) is 0 Å². The van der Waals surface area contributed by atoms with Gasteiger partial charge in [0.15, 0.2) is 0 Å². The lowest BCUT2D eigenvalue weighted by Gasteiger charge is -2.25. The monoisotopic (exact) mass is 144 g/mol. The first-order valence-corrected chi connectivity index (χ1v) is 4.03. The van der Waals surface area contributed by atoms with Crippen molar-refractivity contribution in [2.45, 2.75) is 26.7 Å². The molecule has 1 unspecified atom stereocenters. The van der Waals surface area contributed by atoms with Gasteiger partial charge in [0.05, 0.1) is 0 Å². The van der Waals surface area contributed by atoms with Crippen molar-refractivity contribution in [3.05, 3.63) is 0 Å². The normalized spacial score (nSPS) is 16.8. The molecule has 0 aromatic carbocycles. The van der Waals surface area contributed by atoms with Crippen LogP contribution in [0, 0.1) is 5.41 Å². The molecule has 0 saturated carbocycles. The van der Waals surface area contributed by atoms with Crippen LogP contribution in [-0.2, 0) is 0 Å². The Bertz CT molecular complexity index is 77.3. The van der Waals surface area contributed by atoms with E-state index in [1.807, 2.05) is 7.05 Å². The largest absolute Gasteiger partial charge is 0.330 e. The highest BCUT2D eigenvalue weighted by molar-refractivity contribution is 4.73. The van der Waals surface area contributed by atoms with Crippen molar-refractivity contribution in [1.29, 1.82) is 0 Å². The van der Waals surface area contributed by atoms with Gasteiger partial charge in [0, 0.05) is 0 Å². The summed E-state index contributed by atoms with van der Waals surface area (Å²) in [7, 11) is 1.98. The Balaban J connectivity index is 3.58. The van der Waals surface area contributed by atoms with E-state index in [1.165, 1.54) is 12.8 Å². The fraction of sp³-hybridized carbons (Fsp3) is 1.00. The van der Waals surface area contributed by atoms with E-state index in [1.54, 1.807) is 0 Å². The highest BCUT2D eigenvalue weighted by atomic mass is 14.8. The van der Waals surface area contributed by atoms with Gasteiger partial charge in [0.2, 0.25) is 0 Å². The first-order valence-electron chi connectivity index (χ1n) is 4.03. The van der Waals surface area contributed by atoms with E-state index in [0.29, 0.717) is 5.41 Å². The van der Waals surface area contributed by atoms with Gasteiger partial charge in [0.1, 0.15) is 0 Å². The maximum atomic E-state index is 5.63. The van der Waals surface area contributed by atoms with Gasteiger partial charge in [-0.3, -0.25) is 0 Å². The maximum absolute atomic E-state index is 5.63. The smallest absolute Gasteiger partial charge is 0.00228 e. The van der Waals surface area contributed by atoms with Crippen molar-refractivity contribution >= 4 is 0 Å². The summed E-state index contributed by atoms with van der Waals surface area (Å²) in [6, 6.07) is 0. The minimum absolute atomic E-state index is 0.350. The van der Waals surface area contributed by atoms with Gasteiger partial charge in [-0.05, 0) is 38.4 Å². The SMILES string of the molecule is CCC(C)(CN)CCNC. The predicted molar refractivity (Wildman–Crippen MR) is 46.0 cm³/mol. The molecule has 0 fully saturated rings. The standard InChI is InChI=1S/C8H20N2/c1-4-8(2,7-9)5-6-10-3/h10H,4-7,9H2,1-3H3. The molecule has 3 N–H and O–H groups in total. The molecular weight excluding hydrogens is 124 g/mol. The Labute approximate surface area is 64.2 Å². The number of rotatable bonds is 5. The lowest BCUT2D eigenvalue weighted by Crippen LogP contribution is -2.29. The van der Waals surface area contributed by atoms with E-state index < -0.39 is 0 Å². The molecule has 0 aromatic rings. The van der Waals surface area contributed by atoms with Crippen molar-refractivity contribution < 1.29 is 0 Å². The quantitative estimate of drug-likeness (QED) is 0.603. The topological polar surface area (TPSA) is 38.0 Å². The molecule has 0 aliphatic heterocycles. The zero-order chi connectivity index (χ0) is 8.04. The molecular formula is C8H20N2. The van der Waals surface area contributed by atoms with Crippen LogP contribution >= 0.6 is 0 Å². The van der Waals surface area contributed by atoms with E-state index in [9.17, 15) is 0 Å². The summed E-state index contributed by atoms with van der Waals surface area (Å²) in [4.78, 5) is 0. The maximum Gasteiger partial charge on any atom is -0.00228 e. The highest BCUT2D eigenvalue weighted by Crippen LogP contribution is 2.22. The third-order valence-corrected chi connectivity index (χ3v) is 2.32. The van der Waals surface area contributed by atoms with Gasteiger partial charge in [-0.15, -0.1) is 0 Å². The zero-order valence-electron chi connectivity index (χ0n) is 7.41. The Morgan fingerprint density at radius 2 is 2.10 bits per heavy atom. The number of hydrogen-bond donors (Lipinski definition) is 2. The van der Waals surface area contributed by atoms with Crippen LogP contribution in [0.5, 0.6) is 0 Å². The number of hydrogen-bond acceptors (Lipinski definition) is 2. The average Bonchev–Trinajstić information content (AvgIpc) is 2.00. The molecule has 2 nitrogen and oxygen atoms in total. The highest BCUT2D eigenvalue weighted by Gasteiger charge is 2.18. The summed E-state index contributed by atoms with van der Waals surface area (Å²) < 4.78 is 0. The van der Waals surface area contributed by atoms with Gasteiger partial charge in [-0.1, -0.05) is 13.8 Å². The summed E-state index contributed by atoms with van der Waals surface area (Å²) in [5.74, 6) is 0. The van der Waals surface area contributed by atoms with Crippen LogP contribution in [-0.4, -0.2) is 20.1 Å². The number of nitrogens with two attached hydrogens (primary N) is 1. The van der Waals surface area contributed by atoms with Crippen LogP contribution < -0.4 is 11.1 Å². The minimum atomic E-state index is 0.350. The van der Waals surface area contributed by atoms with Crippen molar-refractivity contribution in [2.75, 3.05) is 20.1 Å². The van der Waals surface area contributed by atoms with Crippen molar-refractivity contribution in [1.82, 2.24) is 5.32 Å². The van der Waals surface area contributed by atoms with Crippen LogP contribution in [0.15, 0.2) is 0 Å². The second-order valence-electron chi connectivity index (χ2n) is 3.22. The summed E-state index contributed by atoms with van der Waals surface area (Å²) in [5, 5.41) is 3.14. The fourth-order valence-corrected chi connectivity index (χ4v) is 0.850. The molecule has 62 valence electrons. The third kappa shape index (κ3) is 3.18. The molecule has 2 heteroatoms. The van der Waals surface area contributed by atoms with Gasteiger partial charge in [-0.2, -0.15) is 0 Å². The van der Waals surface area contributed by atoms with Gasteiger partial charge >= 0.3 is 0 Å². The van der Waals surface area contributed by atoms with Crippen LogP contribution in [0.4, 0.5) is 0 Å². The molecule has 0 rings (SSSR count). The Kier molecular flexibility index (Phi) is 4.65. The lowest BCUT2D eigenvalue weighted by molar-refractivity contribution is 0.294. The molecule has 0 heterocycles. The predicted octanol–water partition coefficient (Wildman–Crippen LogP) is 0.971. The van der Waals surface area contributed by atoms with E-state index >= 15 is 0 Å². The lowest BCUT2D eigenvalue weighted by atomic mass is 9.84. The van der Waals surface area contributed by atoms with Crippen molar-refractivity contribution in [3.8, 4) is 0 Å². The minimum Gasteiger partial charge on any atom is -0.330 e. The molecule has 0 radical (unpaired) electrons. The number of nitrogens with one attached hydrogen (secondary N) is 1. The average molecular weight is 144 g/mol. The second-order valence-corrected chi connectivity index (χ2v) is 3.22. The summed E-state index contributed by atoms with van der Waals surface area (Å²) in [5.41, 5.74) is 5.98. The van der Waals surface area contributed by atoms with Crippen LogP contribution in [0.25, 0.3) is 0 Å². The molecule has 0 spiro atoms. The first-order chi connectivity index (χ1) is 4.68. The van der Waals surface area contributed by atoms with E-state index in [2.05, 4.69) is 19.2 Å². The van der Waals surface area contributed by atoms with Crippen molar-refractivity contribution in [2.24, 2.45) is 11.1 Å². The molecule has 1 atom stereocenters. The van der Waals surface area contributed by atoms with E-state index in [0.717, 1.165) is 13.1 Å². The summed E-state index contributed by atoms with van der Waals surface area (Å²) >= 11 is 0. The Morgan fingerprint density at radius 1 is 1.50 bits per heavy atom. The molecule has 0 bridgehead atoms. The molecule has 0 saturated heterocycles. The van der Waals surface area contributed by atoms with Gasteiger partial charge in [0.25, 0.3) is 0 Å². The zero-order valence-corrected chi connectivity index (χ0v) is 7.41. The van der Waals surface area contributed by atoms with Crippen molar-refractivity contribution in [3.63, 3.8) is 0 Å². The second kappa shape index (κ2) is 4.69. The molecule has 0 aromatic heterocycles. The van der Waals surface area contributed by atoms with E-state index in [4.69, 9.17) is 5.73 Å². The third-order valence-electron chi connectivity index (χ3n) is 2.32. The first kappa shape index (κ1) is 9.92. The molecule has 0 aliphatic carbocycles. The van der Waals surface area contributed by atoms with Crippen LogP contribution in [0.3, 0.4) is 0 Å². The molecule has 10 heavy (non-hydrogen) atoms. The Morgan fingerprint density at radius 3 is 2.40 bits per heavy atom. The summed E-state index contributed by atoms with van der Waals surface area (Å²) in [6.07, 6.45) is 2.35.